The molecule has 1 aliphatic rings. The molecule has 35 heavy (non-hydrogen) atoms. The number of hydrogen-bond acceptors (Lipinski definition) is 7. The number of likely N-dealkylation sites (tertiary alicyclic amines) is 1. The standard InChI is InChI=1S/C26H29N5O4/c1-33-20-13-19(14-21(16-20)34-2)26-28-25(29-35-26)18-7-8-23-22(15-18)27-17-31(23)12-9-24(32)30-10-5-3-4-6-11-30/h7-8,13-17H,3-6,9-12H2,1-2H3. The molecule has 4 aromatic rings. The summed E-state index contributed by atoms with van der Waals surface area (Å²) in [5, 5.41) is 4.15. The number of aryl methyl sites for hydroxylation is 1. The summed E-state index contributed by atoms with van der Waals surface area (Å²) in [4.78, 5) is 23.8. The first kappa shape index (κ1) is 22.9. The summed E-state index contributed by atoms with van der Waals surface area (Å²) in [5.41, 5.74) is 3.30. The van der Waals surface area contributed by atoms with E-state index in [1.165, 1.54) is 12.8 Å². The first-order chi connectivity index (χ1) is 17.1. The number of imidazole rings is 1. The van der Waals surface area contributed by atoms with Crippen LogP contribution in [0.2, 0.25) is 0 Å². The van der Waals surface area contributed by atoms with Gasteiger partial charge in [0.2, 0.25) is 11.7 Å². The molecule has 9 nitrogen and oxygen atoms in total. The van der Waals surface area contributed by atoms with Crippen molar-refractivity contribution in [2.75, 3.05) is 27.3 Å². The minimum Gasteiger partial charge on any atom is -0.497 e. The van der Waals surface area contributed by atoms with Crippen molar-refractivity contribution in [1.29, 1.82) is 0 Å². The zero-order chi connectivity index (χ0) is 24.2. The van der Waals surface area contributed by atoms with Crippen molar-refractivity contribution >= 4 is 16.9 Å². The van der Waals surface area contributed by atoms with E-state index in [9.17, 15) is 4.79 Å². The van der Waals surface area contributed by atoms with E-state index >= 15 is 0 Å². The molecule has 0 atom stereocenters. The number of fused-ring (bicyclic) bond motifs is 1. The van der Waals surface area contributed by atoms with Crippen LogP contribution in [-0.2, 0) is 11.3 Å². The van der Waals surface area contributed by atoms with Crippen LogP contribution in [0.4, 0.5) is 0 Å². The molecule has 2 aromatic heterocycles. The van der Waals surface area contributed by atoms with Gasteiger partial charge in [-0.05, 0) is 43.2 Å². The molecule has 2 aromatic carbocycles. The molecule has 5 rings (SSSR count). The summed E-state index contributed by atoms with van der Waals surface area (Å²) in [6.45, 7) is 2.36. The Balaban J connectivity index is 1.31. The largest absolute Gasteiger partial charge is 0.497 e. The van der Waals surface area contributed by atoms with Gasteiger partial charge in [-0.25, -0.2) is 4.98 Å². The Bertz CT molecular complexity index is 1300. The van der Waals surface area contributed by atoms with E-state index in [-0.39, 0.29) is 5.91 Å². The van der Waals surface area contributed by atoms with Crippen LogP contribution >= 0.6 is 0 Å². The van der Waals surface area contributed by atoms with Crippen molar-refractivity contribution in [2.24, 2.45) is 0 Å². The maximum atomic E-state index is 12.7. The van der Waals surface area contributed by atoms with Gasteiger partial charge in [0.25, 0.3) is 5.89 Å². The molecule has 182 valence electrons. The lowest BCUT2D eigenvalue weighted by Crippen LogP contribution is -2.32. The van der Waals surface area contributed by atoms with E-state index in [0.29, 0.717) is 41.7 Å². The van der Waals surface area contributed by atoms with E-state index in [1.54, 1.807) is 26.6 Å². The zero-order valence-electron chi connectivity index (χ0n) is 20.1. The highest BCUT2D eigenvalue weighted by Gasteiger charge is 2.17. The SMILES string of the molecule is COc1cc(OC)cc(-c2nc(-c3ccc4c(c3)ncn4CCC(=O)N3CCCCCC3)no2)c1. The average Bonchev–Trinajstić information content (AvgIpc) is 3.46. The molecular weight excluding hydrogens is 446 g/mol. The summed E-state index contributed by atoms with van der Waals surface area (Å²) in [5.74, 6) is 2.34. The van der Waals surface area contributed by atoms with Crippen LogP contribution in [0.3, 0.4) is 0 Å². The van der Waals surface area contributed by atoms with Crippen molar-refractivity contribution in [3.8, 4) is 34.3 Å². The maximum Gasteiger partial charge on any atom is 0.258 e. The van der Waals surface area contributed by atoms with E-state index in [0.717, 1.165) is 42.5 Å². The first-order valence-corrected chi connectivity index (χ1v) is 11.9. The summed E-state index contributed by atoms with van der Waals surface area (Å²) < 4.78 is 18.2. The Morgan fingerprint density at radius 2 is 1.71 bits per heavy atom. The van der Waals surface area contributed by atoms with Gasteiger partial charge in [0.15, 0.2) is 0 Å². The molecule has 0 aliphatic carbocycles. The fourth-order valence-electron chi connectivity index (χ4n) is 4.46. The third kappa shape index (κ3) is 4.99. The van der Waals surface area contributed by atoms with Crippen LogP contribution in [0.25, 0.3) is 33.9 Å². The van der Waals surface area contributed by atoms with Gasteiger partial charge in [-0.2, -0.15) is 4.98 Å². The van der Waals surface area contributed by atoms with E-state index in [1.807, 2.05) is 39.8 Å². The lowest BCUT2D eigenvalue weighted by atomic mass is 10.1. The van der Waals surface area contributed by atoms with Crippen LogP contribution in [0.15, 0.2) is 47.2 Å². The second kappa shape index (κ2) is 10.2. The van der Waals surface area contributed by atoms with Crippen LogP contribution in [0.5, 0.6) is 11.5 Å². The summed E-state index contributed by atoms with van der Waals surface area (Å²) in [6.07, 6.45) is 6.90. The molecule has 9 heteroatoms. The fraction of sp³-hybridized carbons (Fsp3) is 0.385. The van der Waals surface area contributed by atoms with Crippen LogP contribution in [0, 0.1) is 0 Å². The molecule has 3 heterocycles. The molecular formula is C26H29N5O4. The highest BCUT2D eigenvalue weighted by atomic mass is 16.5. The Labute approximate surface area is 203 Å². The van der Waals surface area contributed by atoms with Crippen molar-refractivity contribution in [1.82, 2.24) is 24.6 Å². The average molecular weight is 476 g/mol. The number of amides is 1. The van der Waals surface area contributed by atoms with Crippen molar-refractivity contribution in [2.45, 2.75) is 38.6 Å². The van der Waals surface area contributed by atoms with E-state index in [4.69, 9.17) is 14.0 Å². The van der Waals surface area contributed by atoms with E-state index in [2.05, 4.69) is 15.1 Å². The minimum absolute atomic E-state index is 0.221. The lowest BCUT2D eigenvalue weighted by Gasteiger charge is -2.20. The first-order valence-electron chi connectivity index (χ1n) is 11.9. The quantitative estimate of drug-likeness (QED) is 0.386. The number of carbonyl (C=O) groups excluding carboxylic acids is 1. The van der Waals surface area contributed by atoms with Gasteiger partial charge in [0.1, 0.15) is 11.5 Å². The zero-order valence-corrected chi connectivity index (χ0v) is 20.1. The molecule has 1 fully saturated rings. The van der Waals surface area contributed by atoms with Gasteiger partial charge >= 0.3 is 0 Å². The second-order valence-electron chi connectivity index (χ2n) is 8.71. The predicted octanol–water partition coefficient (Wildman–Crippen LogP) is 4.56. The van der Waals surface area contributed by atoms with Crippen molar-refractivity contribution < 1.29 is 18.8 Å². The highest BCUT2D eigenvalue weighted by molar-refractivity contribution is 5.81. The van der Waals surface area contributed by atoms with Gasteiger partial charge in [-0.15, -0.1) is 0 Å². The Kier molecular flexibility index (Phi) is 6.65. The molecule has 0 unspecified atom stereocenters. The number of rotatable bonds is 7. The predicted molar refractivity (Wildman–Crippen MR) is 131 cm³/mol. The number of benzene rings is 2. The van der Waals surface area contributed by atoms with Crippen molar-refractivity contribution in [3.63, 3.8) is 0 Å². The number of aromatic nitrogens is 4. The van der Waals surface area contributed by atoms with Crippen molar-refractivity contribution in [3.05, 3.63) is 42.7 Å². The number of carbonyl (C=O) groups is 1. The Hall–Kier alpha value is -3.88. The number of ether oxygens (including phenoxy) is 2. The third-order valence-corrected chi connectivity index (χ3v) is 6.43. The van der Waals surface area contributed by atoms with E-state index < -0.39 is 0 Å². The summed E-state index contributed by atoms with van der Waals surface area (Å²) in [6, 6.07) is 11.3. The fourth-order valence-corrected chi connectivity index (χ4v) is 4.46. The highest BCUT2D eigenvalue weighted by Crippen LogP contribution is 2.30. The molecule has 0 radical (unpaired) electrons. The topological polar surface area (TPSA) is 95.5 Å². The maximum absolute atomic E-state index is 12.7. The van der Waals surface area contributed by atoms with Gasteiger partial charge in [0.05, 0.1) is 31.6 Å². The van der Waals surface area contributed by atoms with Crippen LogP contribution < -0.4 is 9.47 Å². The third-order valence-electron chi connectivity index (χ3n) is 6.43. The minimum atomic E-state index is 0.221. The summed E-state index contributed by atoms with van der Waals surface area (Å²) >= 11 is 0. The van der Waals surface area contributed by atoms with Gasteiger partial charge in [-0.3, -0.25) is 4.79 Å². The molecule has 0 N–H and O–H groups in total. The monoisotopic (exact) mass is 475 g/mol. The molecule has 0 spiro atoms. The van der Waals surface area contributed by atoms with Crippen LogP contribution in [-0.4, -0.2) is 57.8 Å². The molecule has 0 bridgehead atoms. The smallest absolute Gasteiger partial charge is 0.258 e. The Morgan fingerprint density at radius 3 is 2.43 bits per heavy atom. The molecule has 1 aliphatic heterocycles. The number of hydrogen-bond donors (Lipinski definition) is 0. The molecule has 1 saturated heterocycles. The second-order valence-corrected chi connectivity index (χ2v) is 8.71. The van der Waals surface area contributed by atoms with Gasteiger partial charge in [0, 0.05) is 43.2 Å². The Morgan fingerprint density at radius 1 is 0.971 bits per heavy atom. The summed E-state index contributed by atoms with van der Waals surface area (Å²) in [7, 11) is 3.19. The lowest BCUT2D eigenvalue weighted by molar-refractivity contribution is -0.131. The molecule has 1 amide bonds. The molecule has 0 saturated carbocycles. The van der Waals surface area contributed by atoms with Gasteiger partial charge < -0.3 is 23.5 Å². The van der Waals surface area contributed by atoms with Gasteiger partial charge in [-0.1, -0.05) is 18.0 Å². The normalized spacial score (nSPS) is 14.2. The van der Waals surface area contributed by atoms with Crippen LogP contribution in [0.1, 0.15) is 32.1 Å². The number of methoxy groups -OCH3 is 2. The number of nitrogens with zero attached hydrogens (tertiary/aromatic N) is 5.